The third-order valence-corrected chi connectivity index (χ3v) is 7.13. The Morgan fingerprint density at radius 3 is 2.78 bits per heavy atom. The highest BCUT2D eigenvalue weighted by molar-refractivity contribution is 7.99. The number of para-hydroxylation sites is 1. The van der Waals surface area contributed by atoms with Crippen LogP contribution in [0.4, 0.5) is 0 Å². The number of carbonyl (C=O) groups excluding carboxylic acids is 1. The summed E-state index contributed by atoms with van der Waals surface area (Å²) in [5, 5.41) is 13.2. The maximum Gasteiger partial charge on any atom is 0.230 e. The number of nitrogens with zero attached hydrogens (tertiary/aromatic N) is 3. The molecular weight excluding hydrogens is 444 g/mol. The zero-order valence-corrected chi connectivity index (χ0v) is 19.2. The maximum atomic E-state index is 12.7. The van der Waals surface area contributed by atoms with Crippen LogP contribution >= 0.6 is 23.4 Å². The van der Waals surface area contributed by atoms with E-state index in [-0.39, 0.29) is 11.9 Å². The van der Waals surface area contributed by atoms with Gasteiger partial charge in [0.25, 0.3) is 0 Å². The number of nitrogens with one attached hydrogen (secondary N) is 1. The molecule has 1 saturated carbocycles. The number of hydrogen-bond donors (Lipinski definition) is 1. The monoisotopic (exact) mass is 468 g/mol. The summed E-state index contributed by atoms with van der Waals surface area (Å²) in [7, 11) is 0. The van der Waals surface area contributed by atoms with Crippen molar-refractivity contribution >= 4 is 29.3 Å². The Morgan fingerprint density at radius 2 is 1.94 bits per heavy atom. The second kappa shape index (κ2) is 9.55. The van der Waals surface area contributed by atoms with Crippen molar-refractivity contribution in [2.24, 2.45) is 0 Å². The molecule has 0 radical (unpaired) electrons. The van der Waals surface area contributed by atoms with Crippen LogP contribution in [0.3, 0.4) is 0 Å². The average molecular weight is 469 g/mol. The van der Waals surface area contributed by atoms with E-state index >= 15 is 0 Å². The first-order valence-electron chi connectivity index (χ1n) is 11.0. The van der Waals surface area contributed by atoms with E-state index in [2.05, 4.69) is 38.3 Å². The van der Waals surface area contributed by atoms with E-state index in [9.17, 15) is 4.79 Å². The molecule has 0 spiro atoms. The summed E-state index contributed by atoms with van der Waals surface area (Å²) in [5.74, 6) is 1.72. The fraction of sp³-hybridized carbons (Fsp3) is 0.375. The molecule has 2 aliphatic rings. The van der Waals surface area contributed by atoms with Crippen LogP contribution in [0, 0.1) is 0 Å². The van der Waals surface area contributed by atoms with Crippen molar-refractivity contribution in [3.05, 3.63) is 70.5 Å². The molecule has 0 unspecified atom stereocenters. The second-order valence-electron chi connectivity index (χ2n) is 8.22. The third kappa shape index (κ3) is 4.79. The lowest BCUT2D eigenvalue weighted by molar-refractivity contribution is -0.119. The van der Waals surface area contributed by atoms with Crippen LogP contribution in [-0.2, 0) is 17.8 Å². The highest BCUT2D eigenvalue weighted by atomic mass is 35.5. The number of fused-ring (bicyclic) bond motifs is 1. The summed E-state index contributed by atoms with van der Waals surface area (Å²) >= 11 is 7.62. The Kier molecular flexibility index (Phi) is 6.37. The Labute approximate surface area is 196 Å². The molecule has 2 aliphatic carbocycles. The Balaban J connectivity index is 1.21. The molecule has 1 heterocycles. The van der Waals surface area contributed by atoms with Gasteiger partial charge in [-0.1, -0.05) is 59.8 Å². The smallest absolute Gasteiger partial charge is 0.230 e. The normalized spacial score (nSPS) is 17.6. The predicted molar refractivity (Wildman–Crippen MR) is 125 cm³/mol. The van der Waals surface area contributed by atoms with Crippen LogP contribution in [0.15, 0.2) is 53.7 Å². The first-order chi connectivity index (χ1) is 15.7. The van der Waals surface area contributed by atoms with Crippen molar-refractivity contribution in [3.63, 3.8) is 0 Å². The Hall–Kier alpha value is -2.51. The number of aryl methyl sites for hydroxylation is 1. The summed E-state index contributed by atoms with van der Waals surface area (Å²) < 4.78 is 7.99. The third-order valence-electron chi connectivity index (χ3n) is 5.88. The van der Waals surface area contributed by atoms with Gasteiger partial charge >= 0.3 is 0 Å². The van der Waals surface area contributed by atoms with Crippen molar-refractivity contribution in [3.8, 4) is 5.75 Å². The van der Waals surface area contributed by atoms with E-state index in [1.807, 2.05) is 24.3 Å². The number of aromatic nitrogens is 3. The van der Waals surface area contributed by atoms with Gasteiger partial charge in [0.2, 0.25) is 5.91 Å². The van der Waals surface area contributed by atoms with Gasteiger partial charge in [0.05, 0.1) is 16.8 Å². The minimum atomic E-state index is 0.0240. The van der Waals surface area contributed by atoms with Gasteiger partial charge < -0.3 is 10.1 Å². The van der Waals surface area contributed by atoms with Crippen LogP contribution in [-0.4, -0.2) is 26.4 Å². The van der Waals surface area contributed by atoms with E-state index in [4.69, 9.17) is 16.3 Å². The van der Waals surface area contributed by atoms with Crippen LogP contribution in [0.5, 0.6) is 5.75 Å². The fourth-order valence-electron chi connectivity index (χ4n) is 4.18. The van der Waals surface area contributed by atoms with Gasteiger partial charge in [-0.05, 0) is 55.4 Å². The molecule has 3 aromatic rings. The van der Waals surface area contributed by atoms with Gasteiger partial charge in [-0.25, -0.2) is 0 Å². The van der Waals surface area contributed by atoms with Crippen molar-refractivity contribution in [1.29, 1.82) is 0 Å². The minimum Gasteiger partial charge on any atom is -0.484 e. The molecular formula is C24H25ClN4O2S. The largest absolute Gasteiger partial charge is 0.484 e. The number of amides is 1. The first kappa shape index (κ1) is 21.3. The van der Waals surface area contributed by atoms with E-state index in [0.717, 1.165) is 43.1 Å². The van der Waals surface area contributed by atoms with Gasteiger partial charge in [-0.3, -0.25) is 9.36 Å². The lowest BCUT2D eigenvalue weighted by Crippen LogP contribution is -2.32. The summed E-state index contributed by atoms with van der Waals surface area (Å²) in [6, 6.07) is 16.3. The van der Waals surface area contributed by atoms with Crippen molar-refractivity contribution in [2.45, 2.75) is 56.0 Å². The van der Waals surface area contributed by atoms with Gasteiger partial charge in [0, 0.05) is 6.04 Å². The molecule has 166 valence electrons. The average Bonchev–Trinajstić information content (AvgIpc) is 3.57. The molecule has 8 heteroatoms. The fourth-order valence-corrected chi connectivity index (χ4v) is 5.20. The van der Waals surface area contributed by atoms with Gasteiger partial charge in [0.1, 0.15) is 12.4 Å². The summed E-state index contributed by atoms with van der Waals surface area (Å²) in [6.45, 7) is 0.291. The molecule has 2 aromatic carbocycles. The SMILES string of the molecule is O=C(CSc1nnc(COc2ccccc2Cl)n1C1CC1)N[C@@H]1CCCc2ccccc21. The molecule has 6 nitrogen and oxygen atoms in total. The van der Waals surface area contributed by atoms with Crippen molar-refractivity contribution < 1.29 is 9.53 Å². The molecule has 0 saturated heterocycles. The number of hydrogen-bond acceptors (Lipinski definition) is 5. The molecule has 32 heavy (non-hydrogen) atoms. The van der Waals surface area contributed by atoms with E-state index in [1.165, 1.54) is 22.9 Å². The van der Waals surface area contributed by atoms with Crippen molar-refractivity contribution in [1.82, 2.24) is 20.1 Å². The summed E-state index contributed by atoms with van der Waals surface area (Å²) in [5.41, 5.74) is 2.59. The van der Waals surface area contributed by atoms with Crippen molar-refractivity contribution in [2.75, 3.05) is 5.75 Å². The zero-order valence-electron chi connectivity index (χ0n) is 17.7. The molecule has 0 aliphatic heterocycles. The number of ether oxygens (including phenoxy) is 1. The molecule has 5 rings (SSSR count). The number of halogens is 1. The standard InChI is InChI=1S/C24H25ClN4O2S/c25-19-9-3-4-11-21(19)31-14-22-27-28-24(29(22)17-12-13-17)32-15-23(30)26-20-10-5-7-16-6-1-2-8-18(16)20/h1-4,6,8-9,11,17,20H,5,7,10,12-15H2,(H,26,30)/t20-/m1/s1. The molecule has 1 fully saturated rings. The van der Waals surface area contributed by atoms with Gasteiger partial charge in [0.15, 0.2) is 11.0 Å². The summed E-state index contributed by atoms with van der Waals surface area (Å²) in [4.78, 5) is 12.7. The summed E-state index contributed by atoms with van der Waals surface area (Å²) in [6.07, 6.45) is 5.35. The lowest BCUT2D eigenvalue weighted by atomic mass is 9.88. The number of rotatable bonds is 8. The highest BCUT2D eigenvalue weighted by Crippen LogP contribution is 2.39. The van der Waals surface area contributed by atoms with E-state index in [0.29, 0.717) is 29.2 Å². The van der Waals surface area contributed by atoms with Crippen LogP contribution in [0.1, 0.15) is 54.7 Å². The maximum absolute atomic E-state index is 12.7. The molecule has 1 amide bonds. The Bertz CT molecular complexity index is 1110. The number of carbonyl (C=O) groups is 1. The number of benzene rings is 2. The molecule has 1 atom stereocenters. The zero-order chi connectivity index (χ0) is 21.9. The van der Waals surface area contributed by atoms with Crippen LogP contribution in [0.25, 0.3) is 0 Å². The number of thioether (sulfide) groups is 1. The quantitative estimate of drug-likeness (QED) is 0.464. The van der Waals surface area contributed by atoms with Gasteiger partial charge in [-0.15, -0.1) is 10.2 Å². The van der Waals surface area contributed by atoms with Gasteiger partial charge in [-0.2, -0.15) is 0 Å². The second-order valence-corrected chi connectivity index (χ2v) is 9.57. The first-order valence-corrected chi connectivity index (χ1v) is 12.4. The Morgan fingerprint density at radius 1 is 1.12 bits per heavy atom. The van der Waals surface area contributed by atoms with E-state index < -0.39 is 0 Å². The van der Waals surface area contributed by atoms with Crippen LogP contribution in [0.2, 0.25) is 5.02 Å². The molecule has 1 N–H and O–H groups in total. The van der Waals surface area contributed by atoms with Crippen LogP contribution < -0.4 is 10.1 Å². The topological polar surface area (TPSA) is 69.0 Å². The van der Waals surface area contributed by atoms with E-state index in [1.54, 1.807) is 6.07 Å². The highest BCUT2D eigenvalue weighted by Gasteiger charge is 2.30. The lowest BCUT2D eigenvalue weighted by Gasteiger charge is -2.26. The predicted octanol–water partition coefficient (Wildman–Crippen LogP) is 5.13. The molecule has 1 aromatic heterocycles. The minimum absolute atomic E-state index is 0.0240. The molecule has 0 bridgehead atoms.